The largest absolute Gasteiger partial charge is 0.573 e. The van der Waals surface area contributed by atoms with Gasteiger partial charge in [-0.3, -0.25) is 24.1 Å². The number of aromatic hydroxyl groups is 1. The van der Waals surface area contributed by atoms with Crippen LogP contribution in [0.15, 0.2) is 109 Å². The van der Waals surface area contributed by atoms with Gasteiger partial charge in [-0.05, 0) is 78.3 Å². The Balaban J connectivity index is 1.36. The molecular weight excluding hydrogens is 728 g/mol. The monoisotopic (exact) mass is 756 g/mol. The van der Waals surface area contributed by atoms with Crippen LogP contribution in [0.2, 0.25) is 5.02 Å². The van der Waals surface area contributed by atoms with Crippen LogP contribution in [0.3, 0.4) is 0 Å². The Morgan fingerprint density at radius 2 is 1.50 bits per heavy atom. The normalized spacial score (nSPS) is 26.3. The van der Waals surface area contributed by atoms with E-state index in [4.69, 9.17) is 11.6 Å². The number of ether oxygens (including phenoxy) is 1. The van der Waals surface area contributed by atoms with E-state index in [9.17, 15) is 42.7 Å². The lowest BCUT2D eigenvalue weighted by molar-refractivity contribution is -0.274. The fourth-order valence-electron chi connectivity index (χ4n) is 9.13. The molecule has 274 valence electrons. The molecule has 0 bridgehead atoms. The van der Waals surface area contributed by atoms with Crippen molar-refractivity contribution in [3.05, 3.63) is 125 Å². The fourth-order valence-corrected chi connectivity index (χ4v) is 9.31. The number of phenols is 1. The summed E-state index contributed by atoms with van der Waals surface area (Å²) in [5.74, 6) is -9.17. The van der Waals surface area contributed by atoms with Gasteiger partial charge in [0.15, 0.2) is 0 Å². The van der Waals surface area contributed by atoms with Crippen molar-refractivity contribution in [1.82, 2.24) is 0 Å². The lowest BCUT2D eigenvalue weighted by Gasteiger charge is -2.50. The van der Waals surface area contributed by atoms with Crippen LogP contribution in [0.4, 0.5) is 24.5 Å². The summed E-state index contributed by atoms with van der Waals surface area (Å²) in [6.45, 7) is 0. The average molecular weight is 757 g/mol. The topological polar surface area (TPSA) is 145 Å². The summed E-state index contributed by atoms with van der Waals surface area (Å²) in [5, 5.41) is 31.3. The second-order valence-corrected chi connectivity index (χ2v) is 14.3. The van der Waals surface area contributed by atoms with Crippen LogP contribution in [-0.4, -0.2) is 52.3 Å². The smallest absolute Gasteiger partial charge is 0.508 e. The highest BCUT2D eigenvalue weighted by Crippen LogP contribution is 2.65. The SMILES string of the molecule is O=C1[C@H]2[C@H](CC=C3[C@H]2C[C@H]2C(=O)N(c4cccc(Cl)c4)C(=O)[C@@]2(c2ccccc2)[C@H]3c2cc(OC(F)(F)F)ccc2O)C(=O)N1c1cccc(B(O)O)c1. The third kappa shape index (κ3) is 5.42. The number of carbonyl (C=O) groups is 4. The van der Waals surface area contributed by atoms with Crippen molar-refractivity contribution in [1.29, 1.82) is 0 Å². The first-order valence-electron chi connectivity index (χ1n) is 17.0. The molecule has 6 atom stereocenters. The van der Waals surface area contributed by atoms with Crippen LogP contribution in [0, 0.1) is 23.7 Å². The van der Waals surface area contributed by atoms with Crippen LogP contribution in [0.25, 0.3) is 0 Å². The predicted molar refractivity (Wildman–Crippen MR) is 190 cm³/mol. The highest BCUT2D eigenvalue weighted by molar-refractivity contribution is 6.58. The zero-order valence-corrected chi connectivity index (χ0v) is 28.7. The van der Waals surface area contributed by atoms with Gasteiger partial charge in [-0.1, -0.05) is 71.8 Å². The van der Waals surface area contributed by atoms with Gasteiger partial charge in [-0.15, -0.1) is 13.2 Å². The van der Waals surface area contributed by atoms with Crippen LogP contribution in [0.5, 0.6) is 11.5 Å². The summed E-state index contributed by atoms with van der Waals surface area (Å²) < 4.78 is 45.0. The fraction of sp³-hybridized carbons (Fsp3) is 0.231. The van der Waals surface area contributed by atoms with E-state index in [1.165, 1.54) is 36.4 Å². The molecule has 2 aliphatic heterocycles. The maximum atomic E-state index is 15.3. The molecule has 4 aromatic rings. The number of nitrogens with zero attached hydrogens (tertiary/aromatic N) is 2. The summed E-state index contributed by atoms with van der Waals surface area (Å²) in [4.78, 5) is 60.7. The number of alkyl halides is 3. The molecule has 2 saturated heterocycles. The molecule has 2 heterocycles. The molecule has 0 aromatic heterocycles. The Hall–Kier alpha value is -5.44. The first-order valence-corrected chi connectivity index (χ1v) is 17.4. The number of hydrogen-bond acceptors (Lipinski definition) is 8. The van der Waals surface area contributed by atoms with Crippen LogP contribution < -0.4 is 20.0 Å². The third-order valence-electron chi connectivity index (χ3n) is 11.1. The molecule has 2 aliphatic carbocycles. The highest BCUT2D eigenvalue weighted by Gasteiger charge is 2.70. The molecule has 3 fully saturated rings. The van der Waals surface area contributed by atoms with Crippen molar-refractivity contribution in [3.63, 3.8) is 0 Å². The standard InChI is InChI=1S/C39H29BClF3N2O8/c41-22-9-5-11-24(17-22)46-35(49)30-19-28-26(13-14-27-32(28)36(50)45(34(27)48)23-10-4-8-21(16-23)40(52)53)33(38(30,37(46)51)20-6-2-1-3-7-20)29-18-25(12-15-31(29)47)54-39(42,43)44/h1-13,15-18,27-28,30,32-33,47,52-53H,14,19H2/t27-,28+,30-,32-,33+,38+/m0/s1. The summed E-state index contributed by atoms with van der Waals surface area (Å²) in [7, 11) is -1.88. The minimum absolute atomic E-state index is 0.00836. The second kappa shape index (κ2) is 12.9. The van der Waals surface area contributed by atoms with Crippen molar-refractivity contribution in [2.75, 3.05) is 9.80 Å². The molecule has 8 rings (SSSR count). The van der Waals surface area contributed by atoms with Gasteiger partial charge in [-0.25, -0.2) is 4.90 Å². The minimum Gasteiger partial charge on any atom is -0.508 e. The molecule has 54 heavy (non-hydrogen) atoms. The van der Waals surface area contributed by atoms with Crippen molar-refractivity contribution in [2.45, 2.75) is 30.5 Å². The van der Waals surface area contributed by atoms with Gasteiger partial charge in [0, 0.05) is 16.5 Å². The van der Waals surface area contributed by atoms with E-state index in [0.29, 0.717) is 11.1 Å². The summed E-state index contributed by atoms with van der Waals surface area (Å²) >= 11 is 6.32. The maximum absolute atomic E-state index is 15.3. The Morgan fingerprint density at radius 1 is 0.796 bits per heavy atom. The molecule has 1 saturated carbocycles. The van der Waals surface area contributed by atoms with E-state index < -0.39 is 83.6 Å². The molecule has 4 amide bonds. The van der Waals surface area contributed by atoms with E-state index in [0.717, 1.165) is 28.0 Å². The Kier molecular flexibility index (Phi) is 8.47. The number of phenolic OH excluding ortho intramolecular Hbond substituents is 1. The lowest BCUT2D eigenvalue weighted by Crippen LogP contribution is -2.53. The molecule has 4 aliphatic rings. The minimum atomic E-state index is -5.10. The lowest BCUT2D eigenvalue weighted by atomic mass is 9.49. The molecule has 4 aromatic carbocycles. The molecule has 0 spiro atoms. The zero-order chi connectivity index (χ0) is 38.3. The van der Waals surface area contributed by atoms with Crippen LogP contribution in [-0.2, 0) is 24.6 Å². The number of halogens is 4. The van der Waals surface area contributed by atoms with Crippen molar-refractivity contribution < 1.29 is 52.2 Å². The van der Waals surface area contributed by atoms with E-state index in [1.54, 1.807) is 48.5 Å². The van der Waals surface area contributed by atoms with Gasteiger partial charge in [-0.2, -0.15) is 0 Å². The first-order chi connectivity index (χ1) is 25.7. The number of anilines is 2. The highest BCUT2D eigenvalue weighted by atomic mass is 35.5. The number of benzene rings is 4. The first kappa shape index (κ1) is 35.6. The van der Waals surface area contributed by atoms with Crippen LogP contribution in [0.1, 0.15) is 29.9 Å². The Morgan fingerprint density at radius 3 is 2.19 bits per heavy atom. The number of carbonyl (C=O) groups excluding carboxylic acids is 4. The van der Waals surface area contributed by atoms with E-state index >= 15 is 4.79 Å². The second-order valence-electron chi connectivity index (χ2n) is 13.8. The van der Waals surface area contributed by atoms with E-state index in [1.807, 2.05) is 0 Å². The zero-order valence-electron chi connectivity index (χ0n) is 28.0. The summed E-state index contributed by atoms with van der Waals surface area (Å²) in [6.07, 6.45) is -3.53. The number of rotatable bonds is 6. The molecule has 3 N–H and O–H groups in total. The molecule has 10 nitrogen and oxygen atoms in total. The van der Waals surface area contributed by atoms with Gasteiger partial charge in [0.1, 0.15) is 11.5 Å². The molecule has 0 radical (unpaired) electrons. The molecule has 15 heteroatoms. The number of amides is 4. The molecule has 0 unspecified atom stereocenters. The Labute approximate surface area is 311 Å². The quantitative estimate of drug-likeness (QED) is 0.142. The van der Waals surface area contributed by atoms with Gasteiger partial charge in [0.25, 0.3) is 0 Å². The van der Waals surface area contributed by atoms with E-state index in [2.05, 4.69) is 4.74 Å². The van der Waals surface area contributed by atoms with E-state index in [-0.39, 0.29) is 40.3 Å². The number of hydrogen-bond donors (Lipinski definition) is 3. The molecular formula is C39H29BClF3N2O8. The Bertz CT molecular complexity index is 2270. The van der Waals surface area contributed by atoms with Crippen LogP contribution >= 0.6 is 11.6 Å². The van der Waals surface area contributed by atoms with Gasteiger partial charge in [0.2, 0.25) is 23.6 Å². The summed E-state index contributed by atoms with van der Waals surface area (Å²) in [6, 6.07) is 23.0. The van der Waals surface area contributed by atoms with Gasteiger partial charge in [0.05, 0.1) is 34.5 Å². The number of imide groups is 2. The number of allylic oxidation sites excluding steroid dienone is 2. The maximum Gasteiger partial charge on any atom is 0.573 e. The van der Waals surface area contributed by atoms with Crippen molar-refractivity contribution >= 4 is 59.2 Å². The third-order valence-corrected chi connectivity index (χ3v) is 11.4. The summed E-state index contributed by atoms with van der Waals surface area (Å²) in [5.41, 5.74) is -0.966. The van der Waals surface area contributed by atoms with Gasteiger partial charge >= 0.3 is 13.5 Å². The average Bonchev–Trinajstić information content (AvgIpc) is 3.53. The predicted octanol–water partition coefficient (Wildman–Crippen LogP) is 4.99. The van der Waals surface area contributed by atoms with Gasteiger partial charge < -0.3 is 19.9 Å². The van der Waals surface area contributed by atoms with Crippen molar-refractivity contribution in [3.8, 4) is 11.5 Å². The number of fused-ring (bicyclic) bond motifs is 4. The van der Waals surface area contributed by atoms with Crippen molar-refractivity contribution in [2.24, 2.45) is 23.7 Å².